The van der Waals surface area contributed by atoms with Gasteiger partial charge in [0, 0.05) is 24.4 Å². The molecule has 1 aliphatic heterocycles. The van der Waals surface area contributed by atoms with Crippen LogP contribution in [0.25, 0.3) is 0 Å². The van der Waals surface area contributed by atoms with Crippen molar-refractivity contribution in [2.75, 3.05) is 32.1 Å². The summed E-state index contributed by atoms with van der Waals surface area (Å²) in [6, 6.07) is 6.12. The average Bonchev–Trinajstić information content (AvgIpc) is 2.99. The minimum atomic E-state index is 0.587. The van der Waals surface area contributed by atoms with Gasteiger partial charge in [-0.3, -0.25) is 0 Å². The maximum absolute atomic E-state index is 5.88. The highest BCUT2D eigenvalue weighted by Crippen LogP contribution is 2.19. The number of likely N-dealkylation sites (tertiary alicyclic amines) is 1. The van der Waals surface area contributed by atoms with E-state index in [9.17, 15) is 0 Å². The zero-order valence-electron chi connectivity index (χ0n) is 12.8. The second-order valence-corrected chi connectivity index (χ2v) is 5.85. The third kappa shape index (κ3) is 5.61. The van der Waals surface area contributed by atoms with Gasteiger partial charge >= 0.3 is 0 Å². The Morgan fingerprint density at radius 1 is 1.29 bits per heavy atom. The van der Waals surface area contributed by atoms with Crippen molar-refractivity contribution >= 4 is 11.6 Å². The number of hydrogen-bond donors (Lipinski definition) is 0. The molecule has 3 heteroatoms. The molecule has 2 rings (SSSR count). The summed E-state index contributed by atoms with van der Waals surface area (Å²) in [5.74, 6) is 7.73. The molecule has 0 spiro atoms. The smallest absolute Gasteiger partial charge is 0.122 e. The molecule has 21 heavy (non-hydrogen) atoms. The number of halogens is 1. The van der Waals surface area contributed by atoms with Crippen LogP contribution in [0.5, 0.6) is 5.75 Å². The van der Waals surface area contributed by atoms with E-state index >= 15 is 0 Å². The van der Waals surface area contributed by atoms with E-state index in [2.05, 4.69) is 29.7 Å². The zero-order chi connectivity index (χ0) is 14.9. The van der Waals surface area contributed by atoms with Crippen LogP contribution in [-0.4, -0.2) is 37.0 Å². The number of alkyl halides is 1. The number of benzene rings is 1. The Labute approximate surface area is 133 Å². The van der Waals surface area contributed by atoms with Gasteiger partial charge in [-0.05, 0) is 63.0 Å². The van der Waals surface area contributed by atoms with Crippen molar-refractivity contribution in [3.63, 3.8) is 0 Å². The van der Waals surface area contributed by atoms with Crippen molar-refractivity contribution in [3.05, 3.63) is 29.3 Å². The van der Waals surface area contributed by atoms with Crippen molar-refractivity contribution < 1.29 is 4.74 Å². The molecule has 0 radical (unpaired) electrons. The minimum absolute atomic E-state index is 0.587. The Balaban J connectivity index is 1.76. The number of aryl methyl sites for hydroxylation is 1. The van der Waals surface area contributed by atoms with E-state index in [0.29, 0.717) is 5.88 Å². The van der Waals surface area contributed by atoms with Gasteiger partial charge in [0.25, 0.3) is 0 Å². The van der Waals surface area contributed by atoms with Crippen LogP contribution in [0, 0.1) is 18.8 Å². The molecular formula is C18H24ClNO. The molecule has 1 aromatic rings. The van der Waals surface area contributed by atoms with Crippen molar-refractivity contribution in [1.82, 2.24) is 4.90 Å². The summed E-state index contributed by atoms with van der Waals surface area (Å²) in [5.41, 5.74) is 2.18. The lowest BCUT2D eigenvalue weighted by atomic mass is 10.1. The lowest BCUT2D eigenvalue weighted by Gasteiger charge is -2.15. The van der Waals surface area contributed by atoms with Gasteiger partial charge in [-0.1, -0.05) is 11.8 Å². The van der Waals surface area contributed by atoms with Gasteiger partial charge in [0.1, 0.15) is 5.75 Å². The first kappa shape index (κ1) is 16.2. The molecule has 0 unspecified atom stereocenters. The quantitative estimate of drug-likeness (QED) is 0.450. The van der Waals surface area contributed by atoms with Gasteiger partial charge < -0.3 is 9.64 Å². The summed E-state index contributed by atoms with van der Waals surface area (Å²) in [7, 11) is 0. The van der Waals surface area contributed by atoms with Crippen molar-refractivity contribution in [2.24, 2.45) is 0 Å². The van der Waals surface area contributed by atoms with Crippen molar-refractivity contribution in [2.45, 2.75) is 32.6 Å². The molecule has 0 aliphatic carbocycles. The minimum Gasteiger partial charge on any atom is -0.493 e. The van der Waals surface area contributed by atoms with Crippen LogP contribution in [0.15, 0.2) is 18.2 Å². The molecule has 114 valence electrons. The monoisotopic (exact) mass is 305 g/mol. The standard InChI is InChI=1S/C18H24ClNO/c1-16-15-17(7-2-3-10-19)8-9-18(16)21-14-6-13-20-11-4-5-12-20/h8-9,15H,3-6,10-14H2,1H3. The normalized spacial score (nSPS) is 14.8. The van der Waals surface area contributed by atoms with Crippen LogP contribution in [0.2, 0.25) is 0 Å². The van der Waals surface area contributed by atoms with E-state index in [-0.39, 0.29) is 0 Å². The lowest BCUT2D eigenvalue weighted by Crippen LogP contribution is -2.21. The molecule has 0 atom stereocenters. The Morgan fingerprint density at radius 3 is 2.81 bits per heavy atom. The Kier molecular flexibility index (Phi) is 6.92. The molecular weight excluding hydrogens is 282 g/mol. The van der Waals surface area contributed by atoms with Crippen LogP contribution in [0.1, 0.15) is 36.8 Å². The number of nitrogens with zero attached hydrogens (tertiary/aromatic N) is 1. The van der Waals surface area contributed by atoms with Gasteiger partial charge in [-0.25, -0.2) is 0 Å². The van der Waals surface area contributed by atoms with Gasteiger partial charge in [0.15, 0.2) is 0 Å². The Morgan fingerprint density at radius 2 is 2.10 bits per heavy atom. The van der Waals surface area contributed by atoms with Gasteiger partial charge in [0.2, 0.25) is 0 Å². The highest BCUT2D eigenvalue weighted by molar-refractivity contribution is 6.18. The largest absolute Gasteiger partial charge is 0.493 e. The van der Waals surface area contributed by atoms with Crippen molar-refractivity contribution in [3.8, 4) is 17.6 Å². The lowest BCUT2D eigenvalue weighted by molar-refractivity contribution is 0.262. The fraction of sp³-hybridized carbons (Fsp3) is 0.556. The summed E-state index contributed by atoms with van der Waals surface area (Å²) in [4.78, 5) is 2.52. The number of rotatable bonds is 6. The number of ether oxygens (including phenoxy) is 1. The van der Waals surface area contributed by atoms with Crippen LogP contribution < -0.4 is 4.74 Å². The topological polar surface area (TPSA) is 12.5 Å². The maximum Gasteiger partial charge on any atom is 0.122 e. The molecule has 1 saturated heterocycles. The number of hydrogen-bond acceptors (Lipinski definition) is 2. The van der Waals surface area contributed by atoms with Crippen LogP contribution in [0.4, 0.5) is 0 Å². The molecule has 1 fully saturated rings. The van der Waals surface area contributed by atoms with Gasteiger partial charge in [-0.2, -0.15) is 0 Å². The SMILES string of the molecule is Cc1cc(C#CCCCl)ccc1OCCCN1CCCC1. The fourth-order valence-corrected chi connectivity index (χ4v) is 2.67. The van der Waals surface area contributed by atoms with E-state index in [1.165, 1.54) is 25.9 Å². The van der Waals surface area contributed by atoms with Crippen LogP contribution >= 0.6 is 11.6 Å². The first-order valence-electron chi connectivity index (χ1n) is 7.80. The first-order valence-corrected chi connectivity index (χ1v) is 8.33. The zero-order valence-corrected chi connectivity index (χ0v) is 13.6. The maximum atomic E-state index is 5.88. The molecule has 0 bridgehead atoms. The van der Waals surface area contributed by atoms with E-state index < -0.39 is 0 Å². The van der Waals surface area contributed by atoms with Crippen LogP contribution in [-0.2, 0) is 0 Å². The Hall–Kier alpha value is -1.17. The van der Waals surface area contributed by atoms with Gasteiger partial charge in [-0.15, -0.1) is 11.6 Å². The second kappa shape index (κ2) is 8.97. The fourth-order valence-electron chi connectivity index (χ4n) is 2.58. The summed E-state index contributed by atoms with van der Waals surface area (Å²) in [6.07, 6.45) is 4.53. The highest BCUT2D eigenvalue weighted by atomic mass is 35.5. The molecule has 1 aliphatic rings. The molecule has 0 N–H and O–H groups in total. The second-order valence-electron chi connectivity index (χ2n) is 5.47. The molecule has 1 aromatic carbocycles. The van der Waals surface area contributed by atoms with E-state index in [0.717, 1.165) is 42.9 Å². The molecule has 2 nitrogen and oxygen atoms in total. The van der Waals surface area contributed by atoms with Gasteiger partial charge in [0.05, 0.1) is 6.61 Å². The van der Waals surface area contributed by atoms with E-state index in [1.807, 2.05) is 12.1 Å². The Bertz CT molecular complexity index is 498. The summed E-state index contributed by atoms with van der Waals surface area (Å²) in [5, 5.41) is 0. The third-order valence-electron chi connectivity index (χ3n) is 3.70. The molecule has 1 heterocycles. The van der Waals surface area contributed by atoms with E-state index in [4.69, 9.17) is 16.3 Å². The molecule has 0 aromatic heterocycles. The van der Waals surface area contributed by atoms with Crippen LogP contribution in [0.3, 0.4) is 0 Å². The summed E-state index contributed by atoms with van der Waals surface area (Å²) >= 11 is 5.62. The summed E-state index contributed by atoms with van der Waals surface area (Å²) in [6.45, 7) is 6.53. The predicted octanol–water partition coefficient (Wildman–Crippen LogP) is 3.84. The van der Waals surface area contributed by atoms with Crippen molar-refractivity contribution in [1.29, 1.82) is 0 Å². The highest BCUT2D eigenvalue weighted by Gasteiger charge is 2.10. The van der Waals surface area contributed by atoms with E-state index in [1.54, 1.807) is 0 Å². The first-order chi connectivity index (χ1) is 10.3. The predicted molar refractivity (Wildman–Crippen MR) is 89.2 cm³/mol. The average molecular weight is 306 g/mol. The third-order valence-corrected chi connectivity index (χ3v) is 3.89. The molecule has 0 saturated carbocycles. The summed E-state index contributed by atoms with van der Waals surface area (Å²) < 4.78 is 5.88. The molecule has 0 amide bonds.